The number of carboxylic acid groups (broad SMARTS) is 1. The van der Waals surface area contributed by atoms with Crippen LogP contribution in [-0.4, -0.2) is 30.8 Å². The summed E-state index contributed by atoms with van der Waals surface area (Å²) < 4.78 is 2.28. The number of aromatic nitrogens is 4. The second kappa shape index (κ2) is 6.47. The van der Waals surface area contributed by atoms with E-state index < -0.39 is 11.5 Å². The van der Waals surface area contributed by atoms with Gasteiger partial charge in [0, 0.05) is 22.1 Å². The van der Waals surface area contributed by atoms with Gasteiger partial charge in [0.25, 0.3) is 5.56 Å². The molecule has 0 aliphatic rings. The average Bonchev–Trinajstić information content (AvgIpc) is 3.01. The minimum atomic E-state index is -1.05. The predicted octanol–water partition coefficient (Wildman–Crippen LogP) is 2.73. The maximum absolute atomic E-state index is 12.7. The van der Waals surface area contributed by atoms with E-state index in [2.05, 4.69) is 15.1 Å². The summed E-state index contributed by atoms with van der Waals surface area (Å²) >= 11 is 7.62. The molecule has 130 valence electrons. The van der Waals surface area contributed by atoms with Crippen molar-refractivity contribution in [2.24, 2.45) is 0 Å². The maximum atomic E-state index is 12.7. The van der Waals surface area contributed by atoms with Gasteiger partial charge < -0.3 is 5.11 Å². The van der Waals surface area contributed by atoms with Gasteiger partial charge in [-0.15, -0.1) is 11.3 Å². The summed E-state index contributed by atoms with van der Waals surface area (Å²) in [6, 6.07) is 5.57. The SMILES string of the molecule is O=C(O)Cc1nn(Cc2csc3ccc(Cl)cc23)c(=O)c2nccnc12. The molecule has 0 saturated heterocycles. The van der Waals surface area contributed by atoms with Crippen molar-refractivity contribution in [1.82, 2.24) is 19.7 Å². The first-order valence-electron chi connectivity index (χ1n) is 7.61. The van der Waals surface area contributed by atoms with Crippen molar-refractivity contribution in [3.63, 3.8) is 0 Å². The molecule has 1 aromatic carbocycles. The summed E-state index contributed by atoms with van der Waals surface area (Å²) in [5, 5.41) is 16.8. The Kier molecular flexibility index (Phi) is 4.14. The first-order chi connectivity index (χ1) is 12.5. The number of carboxylic acids is 1. The predicted molar refractivity (Wildman–Crippen MR) is 98.9 cm³/mol. The quantitative estimate of drug-likeness (QED) is 0.579. The lowest BCUT2D eigenvalue weighted by Crippen LogP contribution is -2.27. The second-order valence-electron chi connectivity index (χ2n) is 5.63. The number of aliphatic carboxylic acids is 1. The van der Waals surface area contributed by atoms with E-state index in [9.17, 15) is 9.59 Å². The molecule has 7 nitrogen and oxygen atoms in total. The van der Waals surface area contributed by atoms with Gasteiger partial charge in [-0.1, -0.05) is 11.6 Å². The first-order valence-corrected chi connectivity index (χ1v) is 8.87. The molecule has 0 bridgehead atoms. The topological polar surface area (TPSA) is 98.0 Å². The van der Waals surface area contributed by atoms with Gasteiger partial charge in [0.15, 0.2) is 5.52 Å². The highest BCUT2D eigenvalue weighted by atomic mass is 35.5. The Balaban J connectivity index is 1.88. The van der Waals surface area contributed by atoms with E-state index in [-0.39, 0.29) is 29.7 Å². The highest BCUT2D eigenvalue weighted by molar-refractivity contribution is 7.17. The normalized spacial score (nSPS) is 11.3. The van der Waals surface area contributed by atoms with E-state index in [0.717, 1.165) is 15.6 Å². The Labute approximate surface area is 155 Å². The Morgan fingerprint density at radius 3 is 2.77 bits per heavy atom. The Hall–Kier alpha value is -2.84. The van der Waals surface area contributed by atoms with Crippen molar-refractivity contribution in [3.8, 4) is 0 Å². The summed E-state index contributed by atoms with van der Waals surface area (Å²) in [6.45, 7) is 0.193. The number of halogens is 1. The molecule has 0 radical (unpaired) electrons. The molecule has 4 rings (SSSR count). The van der Waals surface area contributed by atoms with E-state index in [1.165, 1.54) is 17.1 Å². The fourth-order valence-corrected chi connectivity index (χ4v) is 3.88. The van der Waals surface area contributed by atoms with Crippen LogP contribution in [-0.2, 0) is 17.8 Å². The zero-order valence-electron chi connectivity index (χ0n) is 13.2. The largest absolute Gasteiger partial charge is 0.481 e. The molecule has 0 atom stereocenters. The van der Waals surface area contributed by atoms with Crippen LogP contribution >= 0.6 is 22.9 Å². The van der Waals surface area contributed by atoms with Crippen LogP contribution in [0, 0.1) is 0 Å². The van der Waals surface area contributed by atoms with Gasteiger partial charge in [-0.05, 0) is 34.5 Å². The number of hydrogen-bond acceptors (Lipinski definition) is 6. The number of thiophene rings is 1. The first kappa shape index (κ1) is 16.6. The molecule has 1 N–H and O–H groups in total. The monoisotopic (exact) mass is 386 g/mol. The molecule has 0 unspecified atom stereocenters. The highest BCUT2D eigenvalue weighted by Gasteiger charge is 2.16. The molecular weight excluding hydrogens is 376 g/mol. The van der Waals surface area contributed by atoms with Gasteiger partial charge >= 0.3 is 5.97 Å². The number of carbonyl (C=O) groups is 1. The number of nitrogens with zero attached hydrogens (tertiary/aromatic N) is 4. The average molecular weight is 387 g/mol. The zero-order valence-corrected chi connectivity index (χ0v) is 14.8. The number of hydrogen-bond donors (Lipinski definition) is 1. The molecule has 0 aliphatic carbocycles. The lowest BCUT2D eigenvalue weighted by Gasteiger charge is -2.08. The lowest BCUT2D eigenvalue weighted by atomic mass is 10.2. The summed E-state index contributed by atoms with van der Waals surface area (Å²) in [7, 11) is 0. The summed E-state index contributed by atoms with van der Waals surface area (Å²) in [6.07, 6.45) is 2.47. The third-order valence-corrected chi connectivity index (χ3v) is 5.15. The van der Waals surface area contributed by atoms with Gasteiger partial charge in [-0.25, -0.2) is 9.67 Å². The van der Waals surface area contributed by atoms with Crippen LogP contribution in [0.15, 0.2) is 40.8 Å². The standard InChI is InChI=1S/C17H11ClN4O3S/c18-10-1-2-13-11(5-10)9(8-26-13)7-22-17(25)16-15(19-3-4-20-16)12(21-22)6-14(23)24/h1-5,8H,6-7H2,(H,23,24). The van der Waals surface area contributed by atoms with Gasteiger partial charge in [0.2, 0.25) is 0 Å². The lowest BCUT2D eigenvalue weighted by molar-refractivity contribution is -0.136. The third-order valence-electron chi connectivity index (χ3n) is 3.90. The molecular formula is C17H11ClN4O3S. The van der Waals surface area contributed by atoms with E-state index in [4.69, 9.17) is 16.7 Å². The molecule has 26 heavy (non-hydrogen) atoms. The molecule has 9 heteroatoms. The molecule has 3 heterocycles. The molecule has 0 amide bonds. The smallest absolute Gasteiger partial charge is 0.309 e. The van der Waals surface area contributed by atoms with Crippen LogP contribution in [0.1, 0.15) is 11.3 Å². The zero-order chi connectivity index (χ0) is 18.3. The second-order valence-corrected chi connectivity index (χ2v) is 6.98. The molecule has 0 spiro atoms. The van der Waals surface area contributed by atoms with Crippen LogP contribution in [0.4, 0.5) is 0 Å². The molecule has 3 aromatic heterocycles. The van der Waals surface area contributed by atoms with Crippen molar-refractivity contribution in [2.45, 2.75) is 13.0 Å². The van der Waals surface area contributed by atoms with E-state index in [1.54, 1.807) is 11.3 Å². The molecule has 0 fully saturated rings. The van der Waals surface area contributed by atoms with Crippen LogP contribution < -0.4 is 5.56 Å². The van der Waals surface area contributed by atoms with Gasteiger partial charge in [0.05, 0.1) is 13.0 Å². The summed E-state index contributed by atoms with van der Waals surface area (Å²) in [5.74, 6) is -1.05. The number of fused-ring (bicyclic) bond motifs is 2. The fourth-order valence-electron chi connectivity index (χ4n) is 2.77. The van der Waals surface area contributed by atoms with Crippen LogP contribution in [0.5, 0.6) is 0 Å². The van der Waals surface area contributed by atoms with Crippen molar-refractivity contribution < 1.29 is 9.90 Å². The number of benzene rings is 1. The van der Waals surface area contributed by atoms with Gasteiger partial charge in [0.1, 0.15) is 11.2 Å². The molecule has 0 aliphatic heterocycles. The van der Waals surface area contributed by atoms with E-state index >= 15 is 0 Å². The minimum Gasteiger partial charge on any atom is -0.481 e. The third kappa shape index (κ3) is 2.93. The molecule has 0 saturated carbocycles. The van der Waals surface area contributed by atoms with Crippen molar-refractivity contribution in [1.29, 1.82) is 0 Å². The van der Waals surface area contributed by atoms with Gasteiger partial charge in [-0.3, -0.25) is 14.6 Å². The Morgan fingerprint density at radius 2 is 2.00 bits per heavy atom. The Bertz CT molecular complexity index is 1220. The maximum Gasteiger partial charge on any atom is 0.309 e. The van der Waals surface area contributed by atoms with Crippen molar-refractivity contribution >= 4 is 50.0 Å². The minimum absolute atomic E-state index is 0.108. The van der Waals surface area contributed by atoms with Crippen LogP contribution in [0.2, 0.25) is 5.02 Å². The summed E-state index contributed by atoms with van der Waals surface area (Å²) in [4.78, 5) is 32.0. The van der Waals surface area contributed by atoms with Gasteiger partial charge in [-0.2, -0.15) is 5.10 Å². The molecule has 4 aromatic rings. The highest BCUT2D eigenvalue weighted by Crippen LogP contribution is 2.29. The van der Waals surface area contributed by atoms with Crippen LogP contribution in [0.25, 0.3) is 21.1 Å². The number of rotatable bonds is 4. The fraction of sp³-hybridized carbons (Fsp3) is 0.118. The van der Waals surface area contributed by atoms with E-state index in [0.29, 0.717) is 5.02 Å². The Morgan fingerprint density at radius 1 is 1.23 bits per heavy atom. The van der Waals surface area contributed by atoms with Crippen molar-refractivity contribution in [3.05, 3.63) is 62.6 Å². The summed E-state index contributed by atoms with van der Waals surface area (Å²) in [5.41, 5.74) is 0.999. The van der Waals surface area contributed by atoms with Crippen molar-refractivity contribution in [2.75, 3.05) is 0 Å². The van der Waals surface area contributed by atoms with E-state index in [1.807, 2.05) is 23.6 Å². The van der Waals surface area contributed by atoms with Crippen LogP contribution in [0.3, 0.4) is 0 Å².